The summed E-state index contributed by atoms with van der Waals surface area (Å²) in [6, 6.07) is 7.50. The molecule has 0 bridgehead atoms. The molecule has 0 spiro atoms. The van der Waals surface area contributed by atoms with Crippen LogP contribution in [0.1, 0.15) is 79.7 Å². The number of amides is 3. The predicted octanol–water partition coefficient (Wildman–Crippen LogP) is 8.14. The Morgan fingerprint density at radius 2 is 1.61 bits per heavy atom. The molecule has 216 valence electrons. The minimum atomic E-state index is -0.323. The maximum Gasteiger partial charge on any atom is 0.327 e. The van der Waals surface area contributed by atoms with Gasteiger partial charge in [0, 0.05) is 20.1 Å². The number of ether oxygens (including phenoxy) is 1. The fourth-order valence-electron chi connectivity index (χ4n) is 3.32. The third-order valence-corrected chi connectivity index (χ3v) is 5.03. The number of carbonyl (C=O) groups excluding carboxylic acids is 2. The van der Waals surface area contributed by atoms with Gasteiger partial charge in [0.25, 0.3) is 5.91 Å². The number of imide groups is 1. The Bertz CT molecular complexity index is 780. The lowest BCUT2D eigenvalue weighted by molar-refractivity contribution is -0.128. The number of hydrogen-bond donors (Lipinski definition) is 0. The molecular formula is C32H55N3O3. The van der Waals surface area contributed by atoms with Crippen molar-refractivity contribution in [3.63, 3.8) is 0 Å². The van der Waals surface area contributed by atoms with Crippen molar-refractivity contribution in [2.24, 2.45) is 4.99 Å². The largest absolute Gasteiger partial charge is 0.497 e. The second kappa shape index (κ2) is 28.4. The van der Waals surface area contributed by atoms with Crippen LogP contribution in [0.5, 0.6) is 5.75 Å². The van der Waals surface area contributed by atoms with Crippen molar-refractivity contribution in [2.75, 3.05) is 27.2 Å². The summed E-state index contributed by atoms with van der Waals surface area (Å²) in [4.78, 5) is 32.0. The van der Waals surface area contributed by atoms with Gasteiger partial charge in [0.1, 0.15) is 11.8 Å². The molecule has 0 N–H and O–H groups in total. The number of rotatable bonds is 11. The van der Waals surface area contributed by atoms with Crippen molar-refractivity contribution < 1.29 is 14.3 Å². The van der Waals surface area contributed by atoms with E-state index >= 15 is 0 Å². The topological polar surface area (TPSA) is 62.2 Å². The van der Waals surface area contributed by atoms with E-state index in [1.165, 1.54) is 10.5 Å². The zero-order valence-corrected chi connectivity index (χ0v) is 25.7. The molecule has 1 aliphatic heterocycles. The molecule has 0 radical (unpaired) electrons. The van der Waals surface area contributed by atoms with E-state index in [2.05, 4.69) is 25.1 Å². The number of benzene rings is 1. The summed E-state index contributed by atoms with van der Waals surface area (Å²) in [6.07, 6.45) is 13.2. The van der Waals surface area contributed by atoms with E-state index in [9.17, 15) is 9.59 Å². The SMILES string of the molecule is C/C=C/CN1C(=O)C(CCCc2ccc(OC)cc2)N(CCC)C1=O.C=CC=C.CC.CC.CCC=NC. The molecule has 0 saturated carbocycles. The quantitative estimate of drug-likeness (QED) is 0.126. The average molecular weight is 530 g/mol. The van der Waals surface area contributed by atoms with Gasteiger partial charge in [-0.1, -0.05) is 91.1 Å². The molecule has 1 atom stereocenters. The Morgan fingerprint density at radius 1 is 1.03 bits per heavy atom. The summed E-state index contributed by atoms with van der Waals surface area (Å²) < 4.78 is 5.17. The molecule has 38 heavy (non-hydrogen) atoms. The Labute approximate surface area is 234 Å². The lowest BCUT2D eigenvalue weighted by atomic mass is 10.0. The van der Waals surface area contributed by atoms with E-state index < -0.39 is 0 Å². The molecule has 1 fully saturated rings. The molecule has 1 unspecified atom stereocenters. The standard InChI is InChI=1S/C20H28N2O3.C4H9N.C4H6.2C2H6/c1-4-6-15-22-19(23)18(21(14-5-2)20(22)24)9-7-8-16-10-12-17(25-3)13-11-16;1-3-4-5-2;1-3-4-2;2*1-2/h4,6,10-13,18H,5,7-9,14-15H2,1-3H3;4H,3H2,1-2H3;3-4H,1-2H2;2*1-2H3/b6-4+;;;;. The minimum absolute atomic E-state index is 0.0636. The number of allylic oxidation sites excluding steroid dienone is 3. The Balaban J connectivity index is -0.000000793. The number of methoxy groups -OCH3 is 1. The Hall–Kier alpha value is -3.15. The normalized spacial score (nSPS) is 13.9. The molecular weight excluding hydrogens is 474 g/mol. The molecule has 1 aromatic carbocycles. The highest BCUT2D eigenvalue weighted by atomic mass is 16.5. The van der Waals surface area contributed by atoms with Gasteiger partial charge in [-0.15, -0.1) is 0 Å². The van der Waals surface area contributed by atoms with E-state index in [1.807, 2.05) is 84.2 Å². The third-order valence-electron chi connectivity index (χ3n) is 5.03. The van der Waals surface area contributed by atoms with Crippen molar-refractivity contribution in [1.82, 2.24) is 9.80 Å². The van der Waals surface area contributed by atoms with Crippen LogP contribution >= 0.6 is 0 Å². The second-order valence-electron chi connectivity index (χ2n) is 7.57. The number of nitrogens with zero attached hydrogens (tertiary/aromatic N) is 3. The summed E-state index contributed by atoms with van der Waals surface area (Å²) in [7, 11) is 3.43. The molecule has 1 aromatic rings. The lowest BCUT2D eigenvalue weighted by Gasteiger charge is -2.21. The highest BCUT2D eigenvalue weighted by Crippen LogP contribution is 2.23. The molecule has 1 heterocycles. The molecule has 3 amide bonds. The van der Waals surface area contributed by atoms with Crippen molar-refractivity contribution >= 4 is 18.2 Å². The van der Waals surface area contributed by atoms with Crippen LogP contribution in [0.25, 0.3) is 0 Å². The van der Waals surface area contributed by atoms with Crippen LogP contribution < -0.4 is 4.74 Å². The Kier molecular flexibility index (Phi) is 29.4. The zero-order valence-electron chi connectivity index (χ0n) is 25.7. The predicted molar refractivity (Wildman–Crippen MR) is 166 cm³/mol. The third kappa shape index (κ3) is 16.6. The van der Waals surface area contributed by atoms with E-state index in [4.69, 9.17) is 4.74 Å². The first kappa shape index (κ1) is 39.4. The molecule has 1 saturated heterocycles. The maximum atomic E-state index is 12.6. The van der Waals surface area contributed by atoms with Gasteiger partial charge < -0.3 is 14.6 Å². The number of carbonyl (C=O) groups is 2. The van der Waals surface area contributed by atoms with Crippen molar-refractivity contribution in [2.45, 2.75) is 86.6 Å². The van der Waals surface area contributed by atoms with E-state index in [-0.39, 0.29) is 18.0 Å². The lowest BCUT2D eigenvalue weighted by Crippen LogP contribution is -2.35. The van der Waals surface area contributed by atoms with Gasteiger partial charge in [0.05, 0.1) is 7.11 Å². The van der Waals surface area contributed by atoms with Crippen LogP contribution in [-0.4, -0.2) is 61.2 Å². The zero-order chi connectivity index (χ0) is 29.8. The smallest absolute Gasteiger partial charge is 0.327 e. The second-order valence-corrected chi connectivity index (χ2v) is 7.57. The van der Waals surface area contributed by atoms with Crippen molar-refractivity contribution in [3.8, 4) is 5.75 Å². The fourth-order valence-corrected chi connectivity index (χ4v) is 3.32. The molecule has 6 nitrogen and oxygen atoms in total. The molecule has 0 aliphatic carbocycles. The van der Waals surface area contributed by atoms with Gasteiger partial charge >= 0.3 is 6.03 Å². The number of aryl methyl sites for hydroxylation is 1. The van der Waals surface area contributed by atoms with Gasteiger partial charge in [0.2, 0.25) is 0 Å². The van der Waals surface area contributed by atoms with Gasteiger partial charge in [-0.05, 0) is 62.9 Å². The number of hydrogen-bond acceptors (Lipinski definition) is 4. The number of urea groups is 1. The summed E-state index contributed by atoms with van der Waals surface area (Å²) >= 11 is 0. The molecule has 0 aromatic heterocycles. The molecule has 6 heteroatoms. The highest BCUT2D eigenvalue weighted by molar-refractivity contribution is 6.04. The fraction of sp³-hybridized carbons (Fsp3) is 0.531. The summed E-state index contributed by atoms with van der Waals surface area (Å²) in [5.41, 5.74) is 1.21. The number of aliphatic imine (C=N–C) groups is 1. The maximum absolute atomic E-state index is 12.6. The van der Waals surface area contributed by atoms with Crippen LogP contribution in [-0.2, 0) is 11.2 Å². The first-order valence-electron chi connectivity index (χ1n) is 14.0. The van der Waals surface area contributed by atoms with Crippen LogP contribution in [0.2, 0.25) is 0 Å². The average Bonchev–Trinajstić information content (AvgIpc) is 3.19. The van der Waals surface area contributed by atoms with E-state index in [0.717, 1.165) is 31.4 Å². The van der Waals surface area contributed by atoms with Crippen LogP contribution in [0.4, 0.5) is 4.79 Å². The van der Waals surface area contributed by atoms with Gasteiger partial charge in [0.15, 0.2) is 0 Å². The molecule has 1 aliphatic rings. The summed E-state index contributed by atoms with van der Waals surface area (Å²) in [5.74, 6) is 0.778. The first-order valence-corrected chi connectivity index (χ1v) is 14.0. The molecule has 2 rings (SSSR count). The van der Waals surface area contributed by atoms with Crippen LogP contribution in [0, 0.1) is 0 Å². The minimum Gasteiger partial charge on any atom is -0.497 e. The van der Waals surface area contributed by atoms with Gasteiger partial charge in [-0.2, -0.15) is 0 Å². The van der Waals surface area contributed by atoms with Gasteiger partial charge in [-0.3, -0.25) is 9.69 Å². The van der Waals surface area contributed by atoms with Gasteiger partial charge in [-0.25, -0.2) is 4.79 Å². The van der Waals surface area contributed by atoms with E-state index in [0.29, 0.717) is 19.5 Å². The summed E-state index contributed by atoms with van der Waals surface area (Å²) in [5, 5.41) is 0. The van der Waals surface area contributed by atoms with E-state index in [1.54, 1.807) is 31.2 Å². The highest BCUT2D eigenvalue weighted by Gasteiger charge is 2.43. The van der Waals surface area contributed by atoms with Crippen LogP contribution in [0.3, 0.4) is 0 Å². The van der Waals surface area contributed by atoms with Crippen LogP contribution in [0.15, 0.2) is 66.7 Å². The first-order chi connectivity index (χ1) is 18.4. The van der Waals surface area contributed by atoms with Crippen molar-refractivity contribution in [3.05, 3.63) is 67.3 Å². The summed E-state index contributed by atoms with van der Waals surface area (Å²) in [6.45, 7) is 21.7. The van der Waals surface area contributed by atoms with Crippen molar-refractivity contribution in [1.29, 1.82) is 0 Å². The monoisotopic (exact) mass is 529 g/mol. The Morgan fingerprint density at radius 3 is 2.00 bits per heavy atom.